The maximum Gasteiger partial charge on any atom is 0.337 e. The van der Waals surface area contributed by atoms with Crippen molar-refractivity contribution in [3.8, 4) is 11.5 Å². The summed E-state index contributed by atoms with van der Waals surface area (Å²) in [5.41, 5.74) is 4.27. The first-order valence-electron chi connectivity index (χ1n) is 8.73. The van der Waals surface area contributed by atoms with Gasteiger partial charge in [-0.1, -0.05) is 36.4 Å². The zero-order valence-electron chi connectivity index (χ0n) is 14.7. The summed E-state index contributed by atoms with van der Waals surface area (Å²) in [5, 5.41) is 15.5. The lowest BCUT2D eigenvalue weighted by Crippen LogP contribution is -2.20. The van der Waals surface area contributed by atoms with Crippen molar-refractivity contribution in [2.45, 2.75) is 5.92 Å². The van der Waals surface area contributed by atoms with Gasteiger partial charge in [0.05, 0.1) is 18.4 Å². The lowest BCUT2D eigenvalue weighted by atomic mass is 9.79. The molecule has 27 heavy (non-hydrogen) atoms. The molecule has 0 amide bonds. The maximum absolute atomic E-state index is 12.6. The number of hydrogen-bond donors (Lipinski definition) is 2. The van der Waals surface area contributed by atoms with E-state index in [9.17, 15) is 9.90 Å². The van der Waals surface area contributed by atoms with Crippen molar-refractivity contribution in [2.24, 2.45) is 0 Å². The van der Waals surface area contributed by atoms with Crippen LogP contribution < -0.4 is 10.1 Å². The SMILES string of the molecule is COc1cc([C@H]2C3=C(COC3=O)Nc3ccc4ccccc4c32)ccc1O. The van der Waals surface area contributed by atoms with Gasteiger partial charge in [0, 0.05) is 11.6 Å². The average molecular weight is 359 g/mol. The fourth-order valence-electron chi connectivity index (χ4n) is 4.04. The summed E-state index contributed by atoms with van der Waals surface area (Å²) in [4.78, 5) is 12.6. The van der Waals surface area contributed by atoms with Gasteiger partial charge in [0.25, 0.3) is 0 Å². The van der Waals surface area contributed by atoms with Crippen LogP contribution in [0.5, 0.6) is 11.5 Å². The molecule has 2 N–H and O–H groups in total. The number of cyclic esters (lactones) is 1. The van der Waals surface area contributed by atoms with Crippen LogP contribution in [0.3, 0.4) is 0 Å². The van der Waals surface area contributed by atoms with Crippen LogP contribution in [0.2, 0.25) is 0 Å². The number of methoxy groups -OCH3 is 1. The molecule has 2 aliphatic rings. The van der Waals surface area contributed by atoms with Gasteiger partial charge in [-0.15, -0.1) is 0 Å². The Bertz CT molecular complexity index is 1130. The molecule has 0 aliphatic carbocycles. The second-order valence-corrected chi connectivity index (χ2v) is 6.71. The zero-order valence-corrected chi connectivity index (χ0v) is 14.7. The smallest absolute Gasteiger partial charge is 0.337 e. The molecule has 3 aromatic carbocycles. The largest absolute Gasteiger partial charge is 0.504 e. The minimum absolute atomic E-state index is 0.0662. The topological polar surface area (TPSA) is 67.8 Å². The van der Waals surface area contributed by atoms with Crippen molar-refractivity contribution in [3.05, 3.63) is 77.0 Å². The molecule has 0 fully saturated rings. The third-order valence-electron chi connectivity index (χ3n) is 5.26. The molecular weight excluding hydrogens is 342 g/mol. The summed E-state index contributed by atoms with van der Waals surface area (Å²) in [5.74, 6) is -0.169. The molecule has 5 heteroatoms. The number of aromatic hydroxyl groups is 1. The van der Waals surface area contributed by atoms with E-state index in [1.165, 1.54) is 7.11 Å². The monoisotopic (exact) mass is 359 g/mol. The van der Waals surface area contributed by atoms with E-state index in [4.69, 9.17) is 9.47 Å². The van der Waals surface area contributed by atoms with E-state index in [0.717, 1.165) is 33.3 Å². The molecule has 2 aliphatic heterocycles. The van der Waals surface area contributed by atoms with Gasteiger partial charge < -0.3 is 19.9 Å². The first-order chi connectivity index (χ1) is 13.2. The Hall–Kier alpha value is -3.47. The molecule has 0 bridgehead atoms. The zero-order chi connectivity index (χ0) is 18.5. The number of fused-ring (bicyclic) bond motifs is 3. The van der Waals surface area contributed by atoms with E-state index in [2.05, 4.69) is 23.5 Å². The molecule has 0 radical (unpaired) electrons. The predicted molar refractivity (Wildman–Crippen MR) is 102 cm³/mol. The Labute approximate surface area is 155 Å². The van der Waals surface area contributed by atoms with Crippen molar-refractivity contribution in [2.75, 3.05) is 19.0 Å². The van der Waals surface area contributed by atoms with E-state index in [0.29, 0.717) is 11.3 Å². The highest BCUT2D eigenvalue weighted by Crippen LogP contribution is 2.48. The van der Waals surface area contributed by atoms with Crippen molar-refractivity contribution in [1.29, 1.82) is 0 Å². The second kappa shape index (κ2) is 5.77. The van der Waals surface area contributed by atoms with Crippen LogP contribution in [0.15, 0.2) is 65.9 Å². The Morgan fingerprint density at radius 2 is 2.00 bits per heavy atom. The van der Waals surface area contributed by atoms with E-state index in [1.54, 1.807) is 12.1 Å². The number of nitrogens with one attached hydrogen (secondary N) is 1. The van der Waals surface area contributed by atoms with Gasteiger partial charge in [-0.2, -0.15) is 0 Å². The summed E-state index contributed by atoms with van der Waals surface area (Å²) < 4.78 is 10.6. The number of phenolic OH excluding ortho intramolecular Hbond substituents is 1. The Balaban J connectivity index is 1.82. The van der Waals surface area contributed by atoms with Gasteiger partial charge in [0.1, 0.15) is 6.61 Å². The summed E-state index contributed by atoms with van der Waals surface area (Å²) in [6.45, 7) is 0.242. The van der Waals surface area contributed by atoms with E-state index >= 15 is 0 Å². The van der Waals surface area contributed by atoms with E-state index < -0.39 is 0 Å². The van der Waals surface area contributed by atoms with Crippen molar-refractivity contribution < 1.29 is 19.4 Å². The summed E-state index contributed by atoms with van der Waals surface area (Å²) in [6, 6.07) is 17.4. The van der Waals surface area contributed by atoms with Crippen LogP contribution in [-0.2, 0) is 9.53 Å². The number of ether oxygens (including phenoxy) is 2. The minimum Gasteiger partial charge on any atom is -0.504 e. The van der Waals surface area contributed by atoms with Gasteiger partial charge in [0.15, 0.2) is 11.5 Å². The molecule has 5 rings (SSSR count). The highest BCUT2D eigenvalue weighted by atomic mass is 16.5. The molecule has 2 heterocycles. The van der Waals surface area contributed by atoms with Gasteiger partial charge in [-0.25, -0.2) is 4.79 Å². The second-order valence-electron chi connectivity index (χ2n) is 6.71. The van der Waals surface area contributed by atoms with Crippen LogP contribution in [0, 0.1) is 0 Å². The number of anilines is 1. The van der Waals surface area contributed by atoms with Gasteiger partial charge >= 0.3 is 5.97 Å². The molecule has 134 valence electrons. The third kappa shape index (κ3) is 2.28. The third-order valence-corrected chi connectivity index (χ3v) is 5.26. The first-order valence-corrected chi connectivity index (χ1v) is 8.73. The minimum atomic E-state index is -0.312. The lowest BCUT2D eigenvalue weighted by Gasteiger charge is -2.29. The number of benzene rings is 3. The molecule has 1 atom stereocenters. The Kier molecular flexibility index (Phi) is 3.37. The number of phenols is 1. The molecule has 5 nitrogen and oxygen atoms in total. The average Bonchev–Trinajstić information content (AvgIpc) is 3.07. The molecular formula is C22H17NO4. The van der Waals surface area contributed by atoms with Crippen molar-refractivity contribution in [1.82, 2.24) is 0 Å². The van der Waals surface area contributed by atoms with Gasteiger partial charge in [0.2, 0.25) is 0 Å². The molecule has 0 unspecified atom stereocenters. The molecule has 0 spiro atoms. The number of esters is 1. The Morgan fingerprint density at radius 3 is 2.85 bits per heavy atom. The highest BCUT2D eigenvalue weighted by Gasteiger charge is 2.39. The van der Waals surface area contributed by atoms with Gasteiger partial charge in [-0.05, 0) is 40.1 Å². The molecule has 0 aromatic heterocycles. The van der Waals surface area contributed by atoms with Gasteiger partial charge in [-0.3, -0.25) is 0 Å². The standard InChI is InChI=1S/C22H17NO4/c1-26-18-10-13(7-9-17(18)24)19-20-14-5-3-2-4-12(14)6-8-15(20)23-16-11-27-22(25)21(16)19/h2-10,19,23-24H,11H2,1H3/t19-/m1/s1. The van der Waals surface area contributed by atoms with Crippen LogP contribution in [-0.4, -0.2) is 24.8 Å². The van der Waals surface area contributed by atoms with E-state index in [-0.39, 0.29) is 24.2 Å². The molecule has 0 saturated carbocycles. The van der Waals surface area contributed by atoms with Crippen LogP contribution in [0.25, 0.3) is 10.8 Å². The quantitative estimate of drug-likeness (QED) is 0.679. The Morgan fingerprint density at radius 1 is 1.15 bits per heavy atom. The predicted octanol–water partition coefficient (Wildman–Crippen LogP) is 3.92. The van der Waals surface area contributed by atoms with Crippen molar-refractivity contribution >= 4 is 22.4 Å². The number of carbonyl (C=O) groups excluding carboxylic acids is 1. The number of hydrogen-bond acceptors (Lipinski definition) is 5. The van der Waals surface area contributed by atoms with Crippen LogP contribution in [0.1, 0.15) is 17.0 Å². The maximum atomic E-state index is 12.6. The summed E-state index contributed by atoms with van der Waals surface area (Å²) in [6.07, 6.45) is 0. The first kappa shape index (κ1) is 15.8. The molecule has 0 saturated heterocycles. The number of carbonyl (C=O) groups is 1. The fraction of sp³-hybridized carbons (Fsp3) is 0.136. The lowest BCUT2D eigenvalue weighted by molar-refractivity contribution is -0.136. The fourth-order valence-corrected chi connectivity index (χ4v) is 4.04. The number of rotatable bonds is 2. The van der Waals surface area contributed by atoms with Crippen molar-refractivity contribution in [3.63, 3.8) is 0 Å². The summed E-state index contributed by atoms with van der Waals surface area (Å²) in [7, 11) is 1.51. The van der Waals surface area contributed by atoms with Crippen LogP contribution in [0.4, 0.5) is 5.69 Å². The highest BCUT2D eigenvalue weighted by molar-refractivity contribution is 6.01. The van der Waals surface area contributed by atoms with E-state index in [1.807, 2.05) is 24.3 Å². The summed E-state index contributed by atoms with van der Waals surface area (Å²) >= 11 is 0. The molecule has 3 aromatic rings. The van der Waals surface area contributed by atoms with Crippen LogP contribution >= 0.6 is 0 Å². The normalized spacial score (nSPS) is 18.0.